The van der Waals surface area contributed by atoms with Gasteiger partial charge in [0.25, 0.3) is 5.91 Å². The summed E-state index contributed by atoms with van der Waals surface area (Å²) in [7, 11) is 0. The van der Waals surface area contributed by atoms with Gasteiger partial charge in [-0.25, -0.2) is 0 Å². The van der Waals surface area contributed by atoms with Gasteiger partial charge in [-0.3, -0.25) is 4.79 Å². The van der Waals surface area contributed by atoms with Gasteiger partial charge in [0.2, 0.25) is 0 Å². The number of nitrogens with one attached hydrogen (secondary N) is 1. The van der Waals surface area contributed by atoms with Crippen LogP contribution in [0.1, 0.15) is 11.1 Å². The summed E-state index contributed by atoms with van der Waals surface area (Å²) in [6, 6.07) is 16.2. The zero-order valence-electron chi connectivity index (χ0n) is 16.2. The number of anilines is 1. The fourth-order valence-corrected chi connectivity index (χ4v) is 3.95. The molecule has 0 saturated carbocycles. The topological polar surface area (TPSA) is 82.3 Å². The number of ether oxygens (including phenoxy) is 1. The molecule has 0 fully saturated rings. The van der Waals surface area contributed by atoms with Crippen molar-refractivity contribution < 1.29 is 14.6 Å². The first-order valence-electron chi connectivity index (χ1n) is 9.05. The van der Waals surface area contributed by atoms with Crippen LogP contribution in [0.2, 0.25) is 15.1 Å². The molecule has 0 aromatic heterocycles. The van der Waals surface area contributed by atoms with Crippen LogP contribution < -0.4 is 10.1 Å². The molecule has 5 nitrogen and oxygen atoms in total. The van der Waals surface area contributed by atoms with Crippen molar-refractivity contribution in [1.29, 1.82) is 5.26 Å². The maximum absolute atomic E-state index is 12.4. The van der Waals surface area contributed by atoms with E-state index in [9.17, 15) is 15.2 Å². The van der Waals surface area contributed by atoms with E-state index in [0.29, 0.717) is 36.5 Å². The van der Waals surface area contributed by atoms with Crippen LogP contribution >= 0.6 is 50.7 Å². The minimum Gasteiger partial charge on any atom is -0.508 e. The number of carbonyl (C=O) groups is 1. The van der Waals surface area contributed by atoms with Crippen molar-refractivity contribution in [2.75, 3.05) is 5.32 Å². The predicted octanol–water partition coefficient (Wildman–Crippen LogP) is 7.24. The standard InChI is InChI=1S/C23H14BrCl3N2O3/c24-18-8-14(7-15(11-28)23(31)29-16-2-4-17(30)5-3-16)10-21(27)22(18)32-12-13-1-6-19(25)20(26)9-13/h1-10,30H,12H2,(H,29,31)/b15-7-. The van der Waals surface area contributed by atoms with Gasteiger partial charge in [0.05, 0.1) is 19.5 Å². The zero-order chi connectivity index (χ0) is 23.3. The van der Waals surface area contributed by atoms with Gasteiger partial charge < -0.3 is 15.2 Å². The van der Waals surface area contributed by atoms with E-state index in [1.807, 2.05) is 6.07 Å². The Hall–Kier alpha value is -2.69. The molecule has 3 aromatic rings. The summed E-state index contributed by atoms with van der Waals surface area (Å²) in [4.78, 5) is 12.4. The number of hydrogen-bond acceptors (Lipinski definition) is 4. The van der Waals surface area contributed by atoms with Gasteiger partial charge >= 0.3 is 0 Å². The van der Waals surface area contributed by atoms with Gasteiger partial charge in [-0.05, 0) is 81.7 Å². The molecular weight excluding hydrogens is 539 g/mol. The monoisotopic (exact) mass is 550 g/mol. The third-order valence-electron chi connectivity index (χ3n) is 4.19. The lowest BCUT2D eigenvalue weighted by molar-refractivity contribution is -0.112. The van der Waals surface area contributed by atoms with Gasteiger partial charge in [0, 0.05) is 5.69 Å². The molecule has 0 bridgehead atoms. The van der Waals surface area contributed by atoms with E-state index in [-0.39, 0.29) is 17.9 Å². The van der Waals surface area contributed by atoms with E-state index in [2.05, 4.69) is 21.2 Å². The number of aromatic hydroxyl groups is 1. The maximum atomic E-state index is 12.4. The second kappa shape index (κ2) is 10.8. The summed E-state index contributed by atoms with van der Waals surface area (Å²) in [5, 5.41) is 22.5. The summed E-state index contributed by atoms with van der Waals surface area (Å²) in [6.45, 7) is 0.211. The Morgan fingerprint density at radius 3 is 2.41 bits per heavy atom. The Morgan fingerprint density at radius 1 is 1.06 bits per heavy atom. The first-order valence-corrected chi connectivity index (χ1v) is 11.0. The van der Waals surface area contributed by atoms with E-state index in [1.54, 1.807) is 30.3 Å². The molecule has 0 unspecified atom stereocenters. The number of phenolic OH excluding ortho intramolecular Hbond substituents is 1. The molecule has 0 saturated heterocycles. The molecule has 0 atom stereocenters. The highest BCUT2D eigenvalue weighted by Gasteiger charge is 2.13. The van der Waals surface area contributed by atoms with E-state index < -0.39 is 5.91 Å². The number of nitrogens with zero attached hydrogens (tertiary/aromatic N) is 1. The number of amides is 1. The molecule has 1 amide bonds. The van der Waals surface area contributed by atoms with Crippen LogP contribution in [0.25, 0.3) is 6.08 Å². The molecule has 0 aliphatic rings. The molecule has 162 valence electrons. The van der Waals surface area contributed by atoms with E-state index in [4.69, 9.17) is 39.5 Å². The third kappa shape index (κ3) is 6.18. The first kappa shape index (κ1) is 24.0. The molecule has 0 heterocycles. The largest absolute Gasteiger partial charge is 0.508 e. The number of carbonyl (C=O) groups excluding carboxylic acids is 1. The van der Waals surface area contributed by atoms with Crippen molar-refractivity contribution in [3.63, 3.8) is 0 Å². The fourth-order valence-electron chi connectivity index (χ4n) is 2.64. The normalized spacial score (nSPS) is 11.0. The van der Waals surface area contributed by atoms with Crippen molar-refractivity contribution in [3.05, 3.63) is 90.8 Å². The maximum Gasteiger partial charge on any atom is 0.266 e. The van der Waals surface area contributed by atoms with Crippen molar-refractivity contribution in [2.45, 2.75) is 6.61 Å². The number of halogens is 4. The minimum absolute atomic E-state index is 0.0695. The number of nitriles is 1. The Kier molecular flexibility index (Phi) is 8.05. The molecule has 32 heavy (non-hydrogen) atoms. The van der Waals surface area contributed by atoms with Crippen molar-refractivity contribution in [3.8, 4) is 17.6 Å². The summed E-state index contributed by atoms with van der Waals surface area (Å²) >= 11 is 21.7. The van der Waals surface area contributed by atoms with Gasteiger partial charge in [0.1, 0.15) is 24.0 Å². The van der Waals surface area contributed by atoms with Gasteiger partial charge in [0.15, 0.2) is 5.75 Å². The summed E-state index contributed by atoms with van der Waals surface area (Å²) < 4.78 is 6.35. The van der Waals surface area contributed by atoms with Crippen LogP contribution in [0.3, 0.4) is 0 Å². The highest BCUT2D eigenvalue weighted by atomic mass is 79.9. The van der Waals surface area contributed by atoms with Gasteiger partial charge in [-0.15, -0.1) is 0 Å². The Morgan fingerprint density at radius 2 is 1.78 bits per heavy atom. The van der Waals surface area contributed by atoms with Crippen LogP contribution in [0.15, 0.2) is 64.6 Å². The predicted molar refractivity (Wildman–Crippen MR) is 130 cm³/mol. The summed E-state index contributed by atoms with van der Waals surface area (Å²) in [5.74, 6) is -0.118. The molecule has 9 heteroatoms. The number of phenols is 1. The minimum atomic E-state index is -0.592. The highest BCUT2D eigenvalue weighted by Crippen LogP contribution is 2.36. The van der Waals surface area contributed by atoms with Crippen LogP contribution in [-0.2, 0) is 11.4 Å². The van der Waals surface area contributed by atoms with Crippen molar-refractivity contribution in [1.82, 2.24) is 0 Å². The molecule has 3 aromatic carbocycles. The lowest BCUT2D eigenvalue weighted by atomic mass is 10.1. The SMILES string of the molecule is N#C/C(=C/c1cc(Cl)c(OCc2ccc(Cl)c(Cl)c2)c(Br)c1)C(=O)Nc1ccc(O)cc1. The molecule has 2 N–H and O–H groups in total. The summed E-state index contributed by atoms with van der Waals surface area (Å²) in [6.07, 6.45) is 1.41. The second-order valence-electron chi connectivity index (χ2n) is 6.52. The van der Waals surface area contributed by atoms with Gasteiger partial charge in [-0.1, -0.05) is 40.9 Å². The Balaban J connectivity index is 1.76. The summed E-state index contributed by atoms with van der Waals surface area (Å²) in [5.41, 5.74) is 1.66. The smallest absolute Gasteiger partial charge is 0.266 e. The number of rotatable bonds is 6. The van der Waals surface area contributed by atoms with Gasteiger partial charge in [-0.2, -0.15) is 5.26 Å². The van der Waals surface area contributed by atoms with Crippen LogP contribution in [-0.4, -0.2) is 11.0 Å². The number of hydrogen-bond donors (Lipinski definition) is 2. The van der Waals surface area contributed by atoms with Crippen LogP contribution in [0, 0.1) is 11.3 Å². The fraction of sp³-hybridized carbons (Fsp3) is 0.0435. The molecule has 0 spiro atoms. The molecule has 0 aliphatic carbocycles. The second-order valence-corrected chi connectivity index (χ2v) is 8.60. The highest BCUT2D eigenvalue weighted by molar-refractivity contribution is 9.10. The lowest BCUT2D eigenvalue weighted by Gasteiger charge is -2.12. The third-order valence-corrected chi connectivity index (χ3v) is 5.80. The van der Waals surface area contributed by atoms with E-state index in [0.717, 1.165) is 5.56 Å². The van der Waals surface area contributed by atoms with Crippen molar-refractivity contribution >= 4 is 68.4 Å². The number of benzene rings is 3. The Bertz CT molecular complexity index is 1220. The average molecular weight is 553 g/mol. The van der Waals surface area contributed by atoms with E-state index in [1.165, 1.54) is 30.3 Å². The molecule has 0 aliphatic heterocycles. The molecular formula is C23H14BrCl3N2O3. The van der Waals surface area contributed by atoms with Crippen LogP contribution in [0.5, 0.6) is 11.5 Å². The van der Waals surface area contributed by atoms with Crippen LogP contribution in [0.4, 0.5) is 5.69 Å². The first-order chi connectivity index (χ1) is 15.3. The Labute approximate surface area is 207 Å². The zero-order valence-corrected chi connectivity index (χ0v) is 20.1. The van der Waals surface area contributed by atoms with E-state index >= 15 is 0 Å². The average Bonchev–Trinajstić information content (AvgIpc) is 2.75. The lowest BCUT2D eigenvalue weighted by Crippen LogP contribution is -2.13. The van der Waals surface area contributed by atoms with Crippen molar-refractivity contribution in [2.24, 2.45) is 0 Å². The quantitative estimate of drug-likeness (QED) is 0.192. The molecule has 0 radical (unpaired) electrons. The molecule has 3 rings (SSSR count).